The third kappa shape index (κ3) is 3.91. The second-order valence-electron chi connectivity index (χ2n) is 7.05. The molecule has 1 amide bonds. The summed E-state index contributed by atoms with van der Waals surface area (Å²) >= 11 is 6.05. The van der Waals surface area contributed by atoms with Gasteiger partial charge in [0, 0.05) is 42.4 Å². The van der Waals surface area contributed by atoms with Crippen molar-refractivity contribution in [1.82, 2.24) is 25.3 Å². The molecule has 0 radical (unpaired) electrons. The topological polar surface area (TPSA) is 95.6 Å². The summed E-state index contributed by atoms with van der Waals surface area (Å²) in [6, 6.07) is 1.89. The van der Waals surface area contributed by atoms with E-state index in [4.69, 9.17) is 11.6 Å². The molecule has 0 saturated heterocycles. The predicted molar refractivity (Wildman–Crippen MR) is 106 cm³/mol. The molecule has 0 spiro atoms. The molecule has 28 heavy (non-hydrogen) atoms. The Kier molecular flexibility index (Phi) is 5.13. The normalized spacial score (nSPS) is 19.5. The first-order valence-corrected chi connectivity index (χ1v) is 9.56. The Bertz CT molecular complexity index is 1020. The molecule has 1 aliphatic carbocycles. The quantitative estimate of drug-likeness (QED) is 0.618. The number of fused-ring (bicyclic) bond motifs is 1. The number of nitrogens with one attached hydrogen (secondary N) is 3. The Balaban J connectivity index is 1.59. The van der Waals surface area contributed by atoms with Gasteiger partial charge in [-0.05, 0) is 31.7 Å². The Morgan fingerprint density at radius 1 is 1.29 bits per heavy atom. The third-order valence-electron chi connectivity index (χ3n) is 4.91. The number of hydrogen-bond acceptors (Lipinski definition) is 5. The van der Waals surface area contributed by atoms with Crippen LogP contribution in [0, 0.1) is 5.82 Å². The van der Waals surface area contributed by atoms with Crippen LogP contribution in [0.4, 0.5) is 10.2 Å². The molecule has 4 rings (SSSR count). The molecular formula is C19H20ClFN6O. The molecule has 2 atom stereocenters. The molecule has 3 aromatic rings. The van der Waals surface area contributed by atoms with Crippen LogP contribution in [-0.2, 0) is 4.79 Å². The molecule has 0 aromatic carbocycles. The summed E-state index contributed by atoms with van der Waals surface area (Å²) in [7, 11) is 0. The minimum Gasteiger partial charge on any atom is -0.365 e. The van der Waals surface area contributed by atoms with Crippen LogP contribution in [0.25, 0.3) is 22.4 Å². The van der Waals surface area contributed by atoms with Gasteiger partial charge in [-0.15, -0.1) is 0 Å². The van der Waals surface area contributed by atoms with E-state index >= 15 is 0 Å². The van der Waals surface area contributed by atoms with E-state index in [1.807, 2.05) is 0 Å². The highest BCUT2D eigenvalue weighted by molar-refractivity contribution is 6.31. The van der Waals surface area contributed by atoms with Crippen LogP contribution < -0.4 is 10.6 Å². The Morgan fingerprint density at radius 2 is 2.11 bits per heavy atom. The number of amides is 1. The maximum atomic E-state index is 14.4. The number of carbonyl (C=O) groups excluding carboxylic acids is 1. The monoisotopic (exact) mass is 402 g/mol. The van der Waals surface area contributed by atoms with E-state index in [-0.39, 0.29) is 23.8 Å². The first kappa shape index (κ1) is 18.6. The van der Waals surface area contributed by atoms with Gasteiger partial charge < -0.3 is 15.6 Å². The zero-order valence-corrected chi connectivity index (χ0v) is 16.1. The summed E-state index contributed by atoms with van der Waals surface area (Å²) in [6.45, 7) is 1.51. The number of halogens is 2. The maximum absolute atomic E-state index is 14.4. The lowest BCUT2D eigenvalue weighted by atomic mass is 9.91. The molecule has 1 saturated carbocycles. The molecule has 1 fully saturated rings. The largest absolute Gasteiger partial charge is 0.365 e. The van der Waals surface area contributed by atoms with Gasteiger partial charge in [-0.2, -0.15) is 0 Å². The summed E-state index contributed by atoms with van der Waals surface area (Å²) in [5.74, 6) is -0.0228. The fraction of sp³-hybridized carbons (Fsp3) is 0.368. The zero-order valence-electron chi connectivity index (χ0n) is 15.3. The SMILES string of the molecule is CC(=O)N[C@@H]1CCCC(Nc2nc(-c3c[nH]c4ncc(Cl)cc34)ncc2F)C1. The lowest BCUT2D eigenvalue weighted by Crippen LogP contribution is -2.41. The van der Waals surface area contributed by atoms with Crippen LogP contribution in [0.5, 0.6) is 0 Å². The van der Waals surface area contributed by atoms with Gasteiger partial charge in [0.2, 0.25) is 5.91 Å². The van der Waals surface area contributed by atoms with Crippen molar-refractivity contribution in [2.24, 2.45) is 0 Å². The van der Waals surface area contributed by atoms with Crippen LogP contribution in [0.15, 0.2) is 24.7 Å². The Morgan fingerprint density at radius 3 is 2.93 bits per heavy atom. The van der Waals surface area contributed by atoms with Crippen LogP contribution in [-0.4, -0.2) is 37.9 Å². The first-order valence-electron chi connectivity index (χ1n) is 9.19. The fourth-order valence-corrected chi connectivity index (χ4v) is 3.85. The Hall–Kier alpha value is -2.74. The molecule has 3 heterocycles. The van der Waals surface area contributed by atoms with E-state index in [2.05, 4.69) is 30.6 Å². The van der Waals surface area contributed by atoms with Gasteiger partial charge in [-0.25, -0.2) is 19.3 Å². The molecular weight excluding hydrogens is 383 g/mol. The number of rotatable bonds is 4. The number of aromatic nitrogens is 4. The molecule has 3 N–H and O–H groups in total. The molecule has 146 valence electrons. The number of H-pyrrole nitrogens is 1. The van der Waals surface area contributed by atoms with Crippen molar-refractivity contribution in [1.29, 1.82) is 0 Å². The third-order valence-corrected chi connectivity index (χ3v) is 5.11. The second kappa shape index (κ2) is 7.71. The molecule has 0 bridgehead atoms. The van der Waals surface area contributed by atoms with Gasteiger partial charge in [0.1, 0.15) is 5.65 Å². The van der Waals surface area contributed by atoms with Crippen molar-refractivity contribution < 1.29 is 9.18 Å². The van der Waals surface area contributed by atoms with Gasteiger partial charge in [0.15, 0.2) is 17.5 Å². The number of carbonyl (C=O) groups is 1. The molecule has 9 heteroatoms. The predicted octanol–water partition coefficient (Wildman–Crippen LogP) is 3.67. The summed E-state index contributed by atoms with van der Waals surface area (Å²) in [6.07, 6.45) is 7.95. The fourth-order valence-electron chi connectivity index (χ4n) is 3.69. The van der Waals surface area contributed by atoms with Crippen LogP contribution in [0.2, 0.25) is 5.02 Å². The van der Waals surface area contributed by atoms with E-state index in [0.29, 0.717) is 22.1 Å². The minimum atomic E-state index is -0.513. The van der Waals surface area contributed by atoms with E-state index in [0.717, 1.165) is 37.3 Å². The van der Waals surface area contributed by atoms with Gasteiger partial charge in [-0.1, -0.05) is 11.6 Å². The summed E-state index contributed by atoms with van der Waals surface area (Å²) in [5, 5.41) is 7.40. The summed E-state index contributed by atoms with van der Waals surface area (Å²) in [4.78, 5) is 27.1. The van der Waals surface area contributed by atoms with Gasteiger partial charge in [-0.3, -0.25) is 4.79 Å². The van der Waals surface area contributed by atoms with Gasteiger partial charge >= 0.3 is 0 Å². The number of nitrogens with zero attached hydrogens (tertiary/aromatic N) is 3. The average molecular weight is 403 g/mol. The number of anilines is 1. The number of pyridine rings is 1. The second-order valence-corrected chi connectivity index (χ2v) is 7.48. The standard InChI is InChI=1S/C19H20ClFN6O/c1-10(28)25-12-3-2-4-13(6-12)26-19-16(21)9-24-18(27-19)15-8-23-17-14(15)5-11(20)7-22-17/h5,7-9,12-13H,2-4,6H2,1H3,(H,22,23)(H,25,28)(H,24,26,27)/t12-,13?/m1/s1. The molecule has 3 aromatic heterocycles. The molecule has 7 nitrogen and oxygen atoms in total. The summed E-state index contributed by atoms with van der Waals surface area (Å²) in [5.41, 5.74) is 1.36. The average Bonchev–Trinajstić information content (AvgIpc) is 3.06. The van der Waals surface area contributed by atoms with Crippen LogP contribution >= 0.6 is 11.6 Å². The van der Waals surface area contributed by atoms with Crippen LogP contribution in [0.1, 0.15) is 32.6 Å². The lowest BCUT2D eigenvalue weighted by molar-refractivity contribution is -0.119. The van der Waals surface area contributed by atoms with Crippen molar-refractivity contribution in [3.05, 3.63) is 35.5 Å². The summed E-state index contributed by atoms with van der Waals surface area (Å²) < 4.78 is 14.4. The zero-order chi connectivity index (χ0) is 19.7. The van der Waals surface area contributed by atoms with Crippen molar-refractivity contribution in [2.75, 3.05) is 5.32 Å². The first-order chi connectivity index (χ1) is 13.5. The van der Waals surface area contributed by atoms with Gasteiger partial charge in [0.25, 0.3) is 0 Å². The Labute approximate surface area is 166 Å². The van der Waals surface area contributed by atoms with Crippen molar-refractivity contribution in [2.45, 2.75) is 44.7 Å². The van der Waals surface area contributed by atoms with E-state index in [1.54, 1.807) is 18.5 Å². The van der Waals surface area contributed by atoms with Crippen molar-refractivity contribution >= 4 is 34.4 Å². The minimum absolute atomic E-state index is 0.0296. The van der Waals surface area contributed by atoms with E-state index < -0.39 is 5.82 Å². The molecule has 1 unspecified atom stereocenters. The number of aromatic amines is 1. The smallest absolute Gasteiger partial charge is 0.217 e. The highest BCUT2D eigenvalue weighted by atomic mass is 35.5. The number of hydrogen-bond donors (Lipinski definition) is 3. The van der Waals surface area contributed by atoms with E-state index in [1.165, 1.54) is 6.92 Å². The molecule has 0 aliphatic heterocycles. The van der Waals surface area contributed by atoms with Crippen LogP contribution in [0.3, 0.4) is 0 Å². The van der Waals surface area contributed by atoms with Gasteiger partial charge in [0.05, 0.1) is 11.2 Å². The maximum Gasteiger partial charge on any atom is 0.217 e. The molecule has 1 aliphatic rings. The van der Waals surface area contributed by atoms with E-state index in [9.17, 15) is 9.18 Å². The lowest BCUT2D eigenvalue weighted by Gasteiger charge is -2.30. The highest BCUT2D eigenvalue weighted by Gasteiger charge is 2.24. The van der Waals surface area contributed by atoms with Crippen molar-refractivity contribution in [3.63, 3.8) is 0 Å². The highest BCUT2D eigenvalue weighted by Crippen LogP contribution is 2.29. The van der Waals surface area contributed by atoms with Crippen molar-refractivity contribution in [3.8, 4) is 11.4 Å².